The third-order valence-electron chi connectivity index (χ3n) is 3.86. The van der Waals surface area contributed by atoms with Gasteiger partial charge in [-0.05, 0) is 25.2 Å². The van der Waals surface area contributed by atoms with Gasteiger partial charge in [0.15, 0.2) is 6.79 Å². The quantitative estimate of drug-likeness (QED) is 0.174. The summed E-state index contributed by atoms with van der Waals surface area (Å²) in [7, 11) is 1.59. The van der Waals surface area contributed by atoms with Crippen molar-refractivity contribution < 1.29 is 19.0 Å². The van der Waals surface area contributed by atoms with Crippen LogP contribution in [0.1, 0.15) is 13.8 Å². The van der Waals surface area contributed by atoms with Crippen molar-refractivity contribution in [2.45, 2.75) is 18.8 Å². The molecule has 0 aromatic carbocycles. The Morgan fingerprint density at radius 2 is 2.12 bits per heavy atom. The number of ether oxygens (including phenoxy) is 3. The molecule has 2 atom stereocenters. The fourth-order valence-electron chi connectivity index (χ4n) is 2.34. The van der Waals surface area contributed by atoms with E-state index in [1.165, 1.54) is 6.08 Å². The Kier molecular flexibility index (Phi) is 10.1. The van der Waals surface area contributed by atoms with Crippen LogP contribution in [-0.2, 0) is 19.0 Å². The number of carbonyl (C=O) groups is 1. The first-order valence-corrected chi connectivity index (χ1v) is 8.90. The number of nitrogens with two attached hydrogens (primary N) is 1. The summed E-state index contributed by atoms with van der Waals surface area (Å²) < 4.78 is 15.7. The molecule has 0 saturated carbocycles. The van der Waals surface area contributed by atoms with Gasteiger partial charge < -0.3 is 30.2 Å². The highest BCUT2D eigenvalue weighted by Gasteiger charge is 2.30. The van der Waals surface area contributed by atoms with Gasteiger partial charge in [-0.25, -0.2) is 0 Å². The predicted octanol–water partition coefficient (Wildman–Crippen LogP) is 1.05. The van der Waals surface area contributed by atoms with Gasteiger partial charge in [-0.15, -0.1) is 0 Å². The van der Waals surface area contributed by atoms with E-state index in [0.29, 0.717) is 25.5 Å². The molecule has 1 aliphatic rings. The molecular weight excluding hydrogens is 346 g/mol. The molecule has 0 radical (unpaired) electrons. The summed E-state index contributed by atoms with van der Waals surface area (Å²) in [6, 6.07) is 0. The highest BCUT2D eigenvalue weighted by atomic mass is 35.5. The summed E-state index contributed by atoms with van der Waals surface area (Å²) in [5, 5.41) is 2.92. The van der Waals surface area contributed by atoms with E-state index in [4.69, 9.17) is 31.5 Å². The maximum atomic E-state index is 12.5. The van der Waals surface area contributed by atoms with E-state index in [2.05, 4.69) is 24.1 Å². The number of amides is 1. The molecule has 3 N–H and O–H groups in total. The van der Waals surface area contributed by atoms with Crippen molar-refractivity contribution in [2.24, 2.45) is 11.7 Å². The van der Waals surface area contributed by atoms with Gasteiger partial charge in [-0.2, -0.15) is 0 Å². The highest BCUT2D eigenvalue weighted by molar-refractivity contribution is 6.26. The van der Waals surface area contributed by atoms with Crippen LogP contribution in [0.5, 0.6) is 0 Å². The molecule has 0 saturated heterocycles. The van der Waals surface area contributed by atoms with Crippen molar-refractivity contribution in [2.75, 3.05) is 53.3 Å². The van der Waals surface area contributed by atoms with Crippen molar-refractivity contribution in [1.82, 2.24) is 10.2 Å². The maximum Gasteiger partial charge on any atom is 0.234 e. The maximum absolute atomic E-state index is 12.5. The Balaban J connectivity index is 2.55. The van der Waals surface area contributed by atoms with Gasteiger partial charge >= 0.3 is 0 Å². The fraction of sp³-hybridized carbons (Fsp3) is 0.706. The van der Waals surface area contributed by atoms with Crippen LogP contribution in [0.3, 0.4) is 0 Å². The first-order chi connectivity index (χ1) is 11.9. The zero-order chi connectivity index (χ0) is 18.7. The molecule has 1 rings (SSSR count). The van der Waals surface area contributed by atoms with Gasteiger partial charge in [0, 0.05) is 20.2 Å². The van der Waals surface area contributed by atoms with Crippen molar-refractivity contribution in [1.29, 1.82) is 0 Å². The number of nitrogens with one attached hydrogen (secondary N) is 1. The van der Waals surface area contributed by atoms with Crippen molar-refractivity contribution in [3.63, 3.8) is 0 Å². The average Bonchev–Trinajstić information content (AvgIpc) is 2.58. The fourth-order valence-corrected chi connectivity index (χ4v) is 2.52. The monoisotopic (exact) mass is 375 g/mol. The second-order valence-electron chi connectivity index (χ2n) is 5.69. The van der Waals surface area contributed by atoms with E-state index >= 15 is 0 Å². The lowest BCUT2D eigenvalue weighted by atomic mass is 9.97. The molecule has 0 aromatic heterocycles. The summed E-state index contributed by atoms with van der Waals surface area (Å²) >= 11 is 6.12. The number of likely N-dealkylation sites (N-methyl/N-ethyl adjacent to an activating group) is 1. The summed E-state index contributed by atoms with van der Waals surface area (Å²) in [6.07, 6.45) is 4.77. The van der Waals surface area contributed by atoms with E-state index in [-0.39, 0.29) is 12.7 Å². The second kappa shape index (κ2) is 11.5. The van der Waals surface area contributed by atoms with Crippen LogP contribution >= 0.6 is 11.6 Å². The number of halogens is 1. The normalized spacial score (nSPS) is 22.8. The third kappa shape index (κ3) is 8.20. The first-order valence-electron chi connectivity index (χ1n) is 8.53. The lowest BCUT2D eigenvalue weighted by Crippen LogP contribution is -2.40. The third-order valence-corrected chi connectivity index (χ3v) is 4.09. The molecule has 0 heterocycles. The summed E-state index contributed by atoms with van der Waals surface area (Å²) in [5.41, 5.74) is 5.88. The molecule has 0 bridgehead atoms. The molecule has 144 valence electrons. The summed E-state index contributed by atoms with van der Waals surface area (Å²) in [4.78, 5) is 13.5. The van der Waals surface area contributed by atoms with E-state index in [1.54, 1.807) is 19.3 Å². The minimum atomic E-state index is -1.17. The van der Waals surface area contributed by atoms with Gasteiger partial charge in [0.1, 0.15) is 16.7 Å². The van der Waals surface area contributed by atoms with Gasteiger partial charge in [-0.1, -0.05) is 31.5 Å². The lowest BCUT2D eigenvalue weighted by molar-refractivity contribution is -0.124. The lowest BCUT2D eigenvalue weighted by Gasteiger charge is -2.26. The molecule has 25 heavy (non-hydrogen) atoms. The van der Waals surface area contributed by atoms with Crippen LogP contribution in [0.2, 0.25) is 0 Å². The molecule has 0 fully saturated rings. The zero-order valence-electron chi connectivity index (χ0n) is 15.3. The first kappa shape index (κ1) is 21.9. The number of rotatable bonds is 12. The van der Waals surface area contributed by atoms with E-state index in [9.17, 15) is 4.79 Å². The SMILES string of the molecule is CCN(CC)CCNC(=O)C1C=CC(N)(Cl)C=C1OCOCCOC. The molecule has 0 spiro atoms. The van der Waals surface area contributed by atoms with Gasteiger partial charge in [-0.3, -0.25) is 4.79 Å². The number of methoxy groups -OCH3 is 1. The van der Waals surface area contributed by atoms with Crippen molar-refractivity contribution in [3.8, 4) is 0 Å². The molecule has 0 aromatic rings. The Hall–Kier alpha value is -1.12. The van der Waals surface area contributed by atoms with Crippen molar-refractivity contribution >= 4 is 17.5 Å². The standard InChI is InChI=1S/C17H30ClN3O4/c1-4-21(5-2)9-8-20-16(22)14-6-7-17(18,19)12-15(14)25-13-24-11-10-23-3/h6-7,12,14H,4-5,8-11,13,19H2,1-3H3,(H,20,22). The zero-order valence-corrected chi connectivity index (χ0v) is 16.1. The van der Waals surface area contributed by atoms with Gasteiger partial charge in [0.05, 0.1) is 13.2 Å². The van der Waals surface area contributed by atoms with Crippen LogP contribution < -0.4 is 11.1 Å². The van der Waals surface area contributed by atoms with Crippen molar-refractivity contribution in [3.05, 3.63) is 24.0 Å². The van der Waals surface area contributed by atoms with Gasteiger partial charge in [0.2, 0.25) is 5.91 Å². The molecule has 0 aliphatic heterocycles. The number of hydrogen-bond donors (Lipinski definition) is 2. The van der Waals surface area contributed by atoms with E-state index < -0.39 is 10.9 Å². The van der Waals surface area contributed by atoms with Gasteiger partial charge in [0.25, 0.3) is 0 Å². The van der Waals surface area contributed by atoms with Crippen LogP contribution in [-0.4, -0.2) is 69.1 Å². The van der Waals surface area contributed by atoms with Crippen LogP contribution in [0.25, 0.3) is 0 Å². The molecule has 1 amide bonds. The Labute approximate surface area is 155 Å². The molecule has 2 unspecified atom stereocenters. The Morgan fingerprint density at radius 3 is 2.76 bits per heavy atom. The van der Waals surface area contributed by atoms with Crippen LogP contribution in [0.15, 0.2) is 24.0 Å². The minimum absolute atomic E-state index is 0.000764. The second-order valence-corrected chi connectivity index (χ2v) is 6.35. The highest BCUT2D eigenvalue weighted by Crippen LogP contribution is 2.27. The molecule has 1 aliphatic carbocycles. The van der Waals surface area contributed by atoms with E-state index in [0.717, 1.165) is 19.6 Å². The molecule has 7 nitrogen and oxygen atoms in total. The summed E-state index contributed by atoms with van der Waals surface area (Å²) in [6.45, 7) is 8.31. The topological polar surface area (TPSA) is 86.1 Å². The summed E-state index contributed by atoms with van der Waals surface area (Å²) in [5.74, 6) is -0.338. The number of nitrogens with zero attached hydrogens (tertiary/aromatic N) is 1. The number of hydrogen-bond acceptors (Lipinski definition) is 6. The molecule has 8 heteroatoms. The Bertz CT molecular complexity index is 465. The smallest absolute Gasteiger partial charge is 0.234 e. The largest absolute Gasteiger partial charge is 0.471 e. The minimum Gasteiger partial charge on any atom is -0.471 e. The average molecular weight is 376 g/mol. The van der Waals surface area contributed by atoms with E-state index in [1.807, 2.05) is 0 Å². The number of carbonyl (C=O) groups excluding carboxylic acids is 1. The molecular formula is C17H30ClN3O4. The van der Waals surface area contributed by atoms with Crippen LogP contribution in [0.4, 0.5) is 0 Å². The van der Waals surface area contributed by atoms with Crippen LogP contribution in [0, 0.1) is 5.92 Å². The predicted molar refractivity (Wildman–Crippen MR) is 98.1 cm³/mol. The Morgan fingerprint density at radius 1 is 1.40 bits per heavy atom. The number of alkyl halides is 1.